The van der Waals surface area contributed by atoms with Crippen LogP contribution >= 0.6 is 0 Å². The zero-order valence-electron chi connectivity index (χ0n) is 15.4. The molecule has 7 heteroatoms. The van der Waals surface area contributed by atoms with E-state index in [-0.39, 0.29) is 11.9 Å². The average molecular weight is 367 g/mol. The largest absolute Gasteiger partial charge is 0.337 e. The van der Waals surface area contributed by atoms with Crippen molar-refractivity contribution in [2.75, 3.05) is 13.1 Å². The summed E-state index contributed by atoms with van der Waals surface area (Å²) in [4.78, 5) is 32.9. The van der Waals surface area contributed by atoms with Crippen LogP contribution in [-0.4, -0.2) is 44.4 Å². The lowest BCUT2D eigenvalue weighted by Crippen LogP contribution is -2.39. The normalized spacial score (nSPS) is 17.0. The molecule has 7 nitrogen and oxygen atoms in total. The van der Waals surface area contributed by atoms with Crippen molar-refractivity contribution in [2.24, 2.45) is 0 Å². The van der Waals surface area contributed by atoms with Gasteiger partial charge in [0.1, 0.15) is 0 Å². The van der Waals surface area contributed by atoms with Gasteiger partial charge in [-0.05, 0) is 18.4 Å². The number of amides is 3. The van der Waals surface area contributed by atoms with E-state index in [9.17, 15) is 9.59 Å². The molecule has 142 valence electrons. The predicted octanol–water partition coefficient (Wildman–Crippen LogP) is 2.12. The van der Waals surface area contributed by atoms with Gasteiger partial charge in [-0.25, -0.2) is 9.78 Å². The number of hydrogen-bond donors (Lipinski definition) is 1. The number of nitrogens with zero attached hydrogens (tertiary/aromatic N) is 4. The maximum Gasteiger partial charge on any atom is 0.318 e. The molecule has 3 heterocycles. The smallest absolute Gasteiger partial charge is 0.318 e. The molecule has 0 bridgehead atoms. The number of imidazole rings is 1. The summed E-state index contributed by atoms with van der Waals surface area (Å²) in [6.07, 6.45) is 4.29. The number of aromatic nitrogens is 2. The van der Waals surface area contributed by atoms with Crippen molar-refractivity contribution < 1.29 is 9.59 Å². The van der Waals surface area contributed by atoms with Crippen molar-refractivity contribution in [3.8, 4) is 0 Å². The molecule has 1 aromatic heterocycles. The highest BCUT2D eigenvalue weighted by Crippen LogP contribution is 2.20. The van der Waals surface area contributed by atoms with Gasteiger partial charge >= 0.3 is 6.03 Å². The highest BCUT2D eigenvalue weighted by Gasteiger charge is 2.26. The van der Waals surface area contributed by atoms with Crippen molar-refractivity contribution in [3.05, 3.63) is 53.6 Å². The van der Waals surface area contributed by atoms with Crippen molar-refractivity contribution in [1.29, 1.82) is 0 Å². The number of carbonyl (C=O) groups excluding carboxylic acids is 2. The number of fused-ring (bicyclic) bond motifs is 1. The molecular formula is C20H25N5O2. The van der Waals surface area contributed by atoms with Gasteiger partial charge in [-0.1, -0.05) is 30.3 Å². The van der Waals surface area contributed by atoms with E-state index in [1.165, 1.54) is 0 Å². The first-order chi connectivity index (χ1) is 13.2. The van der Waals surface area contributed by atoms with Gasteiger partial charge in [0.2, 0.25) is 5.91 Å². The Morgan fingerprint density at radius 3 is 2.74 bits per heavy atom. The Balaban J connectivity index is 1.43. The number of nitrogens with one attached hydrogen (secondary N) is 1. The van der Waals surface area contributed by atoms with E-state index in [0.29, 0.717) is 32.6 Å². The lowest BCUT2D eigenvalue weighted by atomic mass is 10.2. The second-order valence-corrected chi connectivity index (χ2v) is 7.17. The number of hydrogen-bond acceptors (Lipinski definition) is 3. The molecule has 2 aliphatic heterocycles. The minimum absolute atomic E-state index is 0.0586. The third kappa shape index (κ3) is 3.97. The number of rotatable bonds is 4. The van der Waals surface area contributed by atoms with Crippen LogP contribution in [-0.2, 0) is 31.0 Å². The van der Waals surface area contributed by atoms with Gasteiger partial charge in [0, 0.05) is 32.6 Å². The third-order valence-electron chi connectivity index (χ3n) is 5.29. The molecule has 0 atom stereocenters. The predicted molar refractivity (Wildman–Crippen MR) is 101 cm³/mol. The van der Waals surface area contributed by atoms with Gasteiger partial charge in [-0.3, -0.25) is 4.79 Å². The molecule has 2 aromatic rings. The van der Waals surface area contributed by atoms with Crippen molar-refractivity contribution in [3.63, 3.8) is 0 Å². The molecule has 4 rings (SSSR count). The molecule has 0 saturated carbocycles. The molecule has 1 fully saturated rings. The summed E-state index contributed by atoms with van der Waals surface area (Å²) in [5, 5.41) is 3.01. The van der Waals surface area contributed by atoms with Crippen LogP contribution in [0.15, 0.2) is 36.7 Å². The van der Waals surface area contributed by atoms with Crippen LogP contribution in [0.2, 0.25) is 0 Å². The Morgan fingerprint density at radius 2 is 1.96 bits per heavy atom. The van der Waals surface area contributed by atoms with Crippen LogP contribution in [0.1, 0.15) is 36.2 Å². The van der Waals surface area contributed by atoms with Gasteiger partial charge in [-0.2, -0.15) is 0 Å². The number of aryl methyl sites for hydroxylation is 1. The molecule has 0 aliphatic carbocycles. The van der Waals surface area contributed by atoms with Gasteiger partial charge in [0.25, 0.3) is 0 Å². The van der Waals surface area contributed by atoms with Crippen LogP contribution in [0, 0.1) is 0 Å². The zero-order chi connectivity index (χ0) is 18.6. The summed E-state index contributed by atoms with van der Waals surface area (Å²) in [7, 11) is 0. The second kappa shape index (κ2) is 7.82. The van der Waals surface area contributed by atoms with Crippen LogP contribution in [0.4, 0.5) is 4.79 Å². The first-order valence-corrected chi connectivity index (χ1v) is 9.58. The van der Waals surface area contributed by atoms with Crippen molar-refractivity contribution >= 4 is 11.9 Å². The van der Waals surface area contributed by atoms with Crippen molar-refractivity contribution in [1.82, 2.24) is 24.7 Å². The molecule has 1 N–H and O–H groups in total. The number of benzene rings is 1. The second-order valence-electron chi connectivity index (χ2n) is 7.17. The van der Waals surface area contributed by atoms with Crippen LogP contribution in [0.25, 0.3) is 0 Å². The van der Waals surface area contributed by atoms with E-state index < -0.39 is 0 Å². The Morgan fingerprint density at radius 1 is 1.11 bits per heavy atom. The van der Waals surface area contributed by atoms with Crippen LogP contribution in [0.5, 0.6) is 0 Å². The molecular weight excluding hydrogens is 342 g/mol. The quantitative estimate of drug-likeness (QED) is 0.900. The molecule has 3 amide bonds. The fraction of sp³-hybridized carbons (Fsp3) is 0.450. The zero-order valence-corrected chi connectivity index (χ0v) is 15.4. The highest BCUT2D eigenvalue weighted by atomic mass is 16.2. The van der Waals surface area contributed by atoms with E-state index >= 15 is 0 Å². The monoisotopic (exact) mass is 367 g/mol. The Bertz CT molecular complexity index is 817. The topological polar surface area (TPSA) is 70.5 Å². The SMILES string of the molecule is O=C1CCCN1Cc1ncn2c1CN(C(=O)NCc1ccccc1)CCC2. The third-order valence-corrected chi connectivity index (χ3v) is 5.29. The fourth-order valence-corrected chi connectivity index (χ4v) is 3.76. The highest BCUT2D eigenvalue weighted by molar-refractivity contribution is 5.78. The van der Waals surface area contributed by atoms with E-state index in [2.05, 4.69) is 14.9 Å². The molecule has 1 saturated heterocycles. The van der Waals surface area contributed by atoms with E-state index in [1.807, 2.05) is 46.5 Å². The maximum atomic E-state index is 12.7. The van der Waals surface area contributed by atoms with Crippen LogP contribution < -0.4 is 5.32 Å². The van der Waals surface area contributed by atoms with E-state index in [1.54, 1.807) is 0 Å². The molecule has 27 heavy (non-hydrogen) atoms. The molecule has 2 aliphatic rings. The molecule has 1 aromatic carbocycles. The summed E-state index contributed by atoms with van der Waals surface area (Å²) in [6.45, 7) is 3.94. The molecule has 0 unspecified atom stereocenters. The molecule has 0 radical (unpaired) electrons. The van der Waals surface area contributed by atoms with Crippen molar-refractivity contribution in [2.45, 2.75) is 45.4 Å². The van der Waals surface area contributed by atoms with Gasteiger partial charge in [-0.15, -0.1) is 0 Å². The average Bonchev–Trinajstić information content (AvgIpc) is 3.19. The van der Waals surface area contributed by atoms with E-state index in [4.69, 9.17) is 0 Å². The molecule has 0 spiro atoms. The number of urea groups is 1. The van der Waals surface area contributed by atoms with Crippen LogP contribution in [0.3, 0.4) is 0 Å². The standard InChI is InChI=1S/C20H25N5O2/c26-19-8-4-9-23(19)13-17-18-14-24(10-5-11-25(18)15-22-17)20(27)21-12-16-6-2-1-3-7-16/h1-3,6-7,15H,4-5,8-14H2,(H,21,27). The Kier molecular flexibility index (Phi) is 5.09. The van der Waals surface area contributed by atoms with Gasteiger partial charge in [0.05, 0.1) is 30.8 Å². The lowest BCUT2D eigenvalue weighted by Gasteiger charge is -2.22. The Hall–Kier alpha value is -2.83. The lowest BCUT2D eigenvalue weighted by molar-refractivity contribution is -0.128. The summed E-state index contributed by atoms with van der Waals surface area (Å²) in [6, 6.07) is 9.85. The first kappa shape index (κ1) is 17.6. The summed E-state index contributed by atoms with van der Waals surface area (Å²) in [5.41, 5.74) is 3.04. The minimum Gasteiger partial charge on any atom is -0.337 e. The summed E-state index contributed by atoms with van der Waals surface area (Å²) >= 11 is 0. The summed E-state index contributed by atoms with van der Waals surface area (Å²) < 4.78 is 2.13. The van der Waals surface area contributed by atoms with Gasteiger partial charge in [0.15, 0.2) is 0 Å². The minimum atomic E-state index is -0.0586. The fourth-order valence-electron chi connectivity index (χ4n) is 3.76. The maximum absolute atomic E-state index is 12.7. The summed E-state index contributed by atoms with van der Waals surface area (Å²) in [5.74, 6) is 0.197. The Labute approximate surface area is 159 Å². The number of carbonyl (C=O) groups is 2. The first-order valence-electron chi connectivity index (χ1n) is 9.58. The van der Waals surface area contributed by atoms with Gasteiger partial charge < -0.3 is 19.7 Å². The number of likely N-dealkylation sites (tertiary alicyclic amines) is 1. The van der Waals surface area contributed by atoms with E-state index in [0.717, 1.165) is 42.9 Å².